The Bertz CT molecular complexity index is 1480. The quantitative estimate of drug-likeness (QED) is 0.224. The first kappa shape index (κ1) is 22.7. The fourth-order valence-corrected chi connectivity index (χ4v) is 5.23. The van der Waals surface area contributed by atoms with Crippen LogP contribution in [0.4, 0.5) is 9.52 Å². The highest BCUT2D eigenvalue weighted by Crippen LogP contribution is 2.44. The lowest BCUT2D eigenvalue weighted by molar-refractivity contribution is -0.132. The maximum absolute atomic E-state index is 13.7. The molecular weight excluding hydrogens is 467 g/mol. The van der Waals surface area contributed by atoms with Crippen LogP contribution in [0.15, 0.2) is 72.3 Å². The summed E-state index contributed by atoms with van der Waals surface area (Å²) in [6, 6.07) is 16.9. The van der Waals surface area contributed by atoms with Crippen molar-refractivity contribution in [2.45, 2.75) is 19.4 Å². The molecule has 1 aromatic heterocycles. The minimum Gasteiger partial charge on any atom is -0.507 e. The molecule has 2 heterocycles. The number of Topliss-reactive ketones (excluding diaryl/α,β-unsaturated/α-hetero) is 1. The molecule has 1 fully saturated rings. The lowest BCUT2D eigenvalue weighted by atomic mass is 9.95. The number of benzene rings is 3. The third-order valence-electron chi connectivity index (χ3n) is 6.05. The highest BCUT2D eigenvalue weighted by Gasteiger charge is 2.48. The molecule has 0 spiro atoms. The number of ether oxygens (including phenoxy) is 1. The zero-order chi connectivity index (χ0) is 24.7. The highest BCUT2D eigenvalue weighted by atomic mass is 32.1. The van der Waals surface area contributed by atoms with E-state index in [4.69, 9.17) is 4.74 Å². The number of carbonyl (C=O) groups is 2. The van der Waals surface area contributed by atoms with Gasteiger partial charge in [0.2, 0.25) is 0 Å². The smallest absolute Gasteiger partial charge is 0.301 e. The van der Waals surface area contributed by atoms with Crippen LogP contribution >= 0.6 is 11.3 Å². The molecule has 0 bridgehead atoms. The normalized spacial score (nSPS) is 17.3. The van der Waals surface area contributed by atoms with E-state index in [0.717, 1.165) is 16.7 Å². The van der Waals surface area contributed by atoms with Gasteiger partial charge in [0, 0.05) is 5.56 Å². The van der Waals surface area contributed by atoms with Gasteiger partial charge in [0.1, 0.15) is 17.3 Å². The summed E-state index contributed by atoms with van der Waals surface area (Å²) in [6.07, 6.45) is 0.852. The van der Waals surface area contributed by atoms with E-state index in [9.17, 15) is 19.1 Å². The molecule has 5 rings (SSSR count). The number of aliphatic hydroxyl groups excluding tert-OH is 1. The van der Waals surface area contributed by atoms with Crippen molar-refractivity contribution in [3.63, 3.8) is 0 Å². The predicted octanol–water partition coefficient (Wildman–Crippen LogP) is 5.63. The van der Waals surface area contributed by atoms with E-state index in [1.165, 1.54) is 47.6 Å². The van der Waals surface area contributed by atoms with E-state index in [-0.39, 0.29) is 11.3 Å². The van der Waals surface area contributed by atoms with Crippen molar-refractivity contribution >= 4 is 44.1 Å². The van der Waals surface area contributed by atoms with Crippen molar-refractivity contribution in [3.8, 4) is 5.75 Å². The van der Waals surface area contributed by atoms with Crippen molar-refractivity contribution in [2.75, 3.05) is 12.0 Å². The Hall–Kier alpha value is -4.04. The molecule has 1 aliphatic heterocycles. The zero-order valence-electron chi connectivity index (χ0n) is 19.0. The summed E-state index contributed by atoms with van der Waals surface area (Å²) in [5.41, 5.74) is 2.59. The number of hydrogen-bond acceptors (Lipinski definition) is 6. The monoisotopic (exact) mass is 488 g/mol. The lowest BCUT2D eigenvalue weighted by Gasteiger charge is -2.23. The standard InChI is InChI=1S/C27H21FN2O4S/c1-3-15-4-13-20-21(14-15)35-27(29-20)30-23(16-5-9-18(28)10-6-16)22(25(32)26(30)33)24(31)17-7-11-19(34-2)12-8-17/h4-14,23,31H,3H2,1-2H3/t23-/m1/s1. The molecule has 35 heavy (non-hydrogen) atoms. The first-order valence-corrected chi connectivity index (χ1v) is 11.8. The van der Waals surface area contributed by atoms with Gasteiger partial charge >= 0.3 is 5.91 Å². The number of aromatic nitrogens is 1. The number of anilines is 1. The summed E-state index contributed by atoms with van der Waals surface area (Å²) in [5.74, 6) is -1.83. The number of halogens is 1. The van der Waals surface area contributed by atoms with Gasteiger partial charge in [-0.05, 0) is 66.1 Å². The van der Waals surface area contributed by atoms with Crippen molar-refractivity contribution in [2.24, 2.45) is 0 Å². The number of rotatable bonds is 5. The van der Waals surface area contributed by atoms with Gasteiger partial charge in [-0.1, -0.05) is 36.5 Å². The van der Waals surface area contributed by atoms with Crippen LogP contribution in [0.1, 0.15) is 29.7 Å². The molecule has 0 aliphatic carbocycles. The molecule has 4 aromatic rings. The van der Waals surface area contributed by atoms with Crippen LogP contribution in [0.2, 0.25) is 0 Å². The Kier molecular flexibility index (Phi) is 5.82. The average Bonchev–Trinajstić information content (AvgIpc) is 3.41. The Balaban J connectivity index is 1.69. The van der Waals surface area contributed by atoms with Gasteiger partial charge in [0.05, 0.1) is 28.9 Å². The molecule has 1 amide bonds. The Labute approximate surface area is 204 Å². The summed E-state index contributed by atoms with van der Waals surface area (Å²) in [7, 11) is 1.52. The van der Waals surface area contributed by atoms with E-state index < -0.39 is 23.5 Å². The Morgan fingerprint density at radius 1 is 1.09 bits per heavy atom. The number of carbonyl (C=O) groups excluding carboxylic acids is 2. The Morgan fingerprint density at radius 2 is 1.80 bits per heavy atom. The molecule has 8 heteroatoms. The van der Waals surface area contributed by atoms with Crippen LogP contribution < -0.4 is 9.64 Å². The van der Waals surface area contributed by atoms with Crippen molar-refractivity contribution in [3.05, 3.63) is 94.8 Å². The van der Waals surface area contributed by atoms with Gasteiger partial charge in [0.15, 0.2) is 5.13 Å². The molecule has 6 nitrogen and oxygen atoms in total. The molecule has 1 atom stereocenters. The van der Waals surface area contributed by atoms with Crippen molar-refractivity contribution in [1.82, 2.24) is 4.98 Å². The molecule has 0 saturated carbocycles. The molecule has 1 N–H and O–H groups in total. The zero-order valence-corrected chi connectivity index (χ0v) is 19.8. The highest BCUT2D eigenvalue weighted by molar-refractivity contribution is 7.22. The maximum Gasteiger partial charge on any atom is 0.301 e. The third kappa shape index (κ3) is 3.95. The number of thiazole rings is 1. The van der Waals surface area contributed by atoms with Gasteiger partial charge < -0.3 is 9.84 Å². The second-order valence-electron chi connectivity index (χ2n) is 8.10. The average molecular weight is 489 g/mol. The summed E-state index contributed by atoms with van der Waals surface area (Å²) in [5, 5.41) is 11.5. The van der Waals surface area contributed by atoms with Crippen LogP contribution in [0, 0.1) is 5.82 Å². The van der Waals surface area contributed by atoms with Crippen LogP contribution in [0.5, 0.6) is 5.75 Å². The van der Waals surface area contributed by atoms with Crippen molar-refractivity contribution in [1.29, 1.82) is 0 Å². The molecular formula is C27H21FN2O4S. The van der Waals surface area contributed by atoms with Crippen LogP contribution in [-0.4, -0.2) is 28.9 Å². The van der Waals surface area contributed by atoms with Gasteiger partial charge in [-0.2, -0.15) is 0 Å². The lowest BCUT2D eigenvalue weighted by Crippen LogP contribution is -2.29. The summed E-state index contributed by atoms with van der Waals surface area (Å²) in [4.78, 5) is 32.5. The fraction of sp³-hybridized carbons (Fsp3) is 0.148. The van der Waals surface area contributed by atoms with Gasteiger partial charge in [-0.15, -0.1) is 0 Å². The summed E-state index contributed by atoms with van der Waals surface area (Å²) >= 11 is 1.29. The number of aliphatic hydroxyl groups is 1. The number of aryl methyl sites for hydroxylation is 1. The van der Waals surface area contributed by atoms with E-state index >= 15 is 0 Å². The van der Waals surface area contributed by atoms with Crippen molar-refractivity contribution < 1.29 is 23.8 Å². The second kappa shape index (κ2) is 8.96. The molecule has 1 aliphatic rings. The molecule has 0 radical (unpaired) electrons. The van der Waals surface area contributed by atoms with Crippen LogP contribution in [0.3, 0.4) is 0 Å². The minimum atomic E-state index is -0.969. The molecule has 3 aromatic carbocycles. The molecule has 1 saturated heterocycles. The fourth-order valence-electron chi connectivity index (χ4n) is 4.17. The number of nitrogens with zero attached hydrogens (tertiary/aromatic N) is 2. The largest absolute Gasteiger partial charge is 0.507 e. The van der Waals surface area contributed by atoms with Crippen LogP contribution in [-0.2, 0) is 16.0 Å². The second-order valence-corrected chi connectivity index (χ2v) is 9.11. The first-order chi connectivity index (χ1) is 16.9. The molecule has 0 unspecified atom stereocenters. The molecule has 176 valence electrons. The SMILES string of the molecule is CCc1ccc2nc(N3C(=O)C(=O)C(=C(O)c4ccc(OC)cc4)[C@H]3c3ccc(F)cc3)sc2c1. The number of amides is 1. The number of hydrogen-bond donors (Lipinski definition) is 1. The number of methoxy groups -OCH3 is 1. The van der Waals surface area contributed by atoms with E-state index in [0.29, 0.717) is 27.5 Å². The van der Waals surface area contributed by atoms with E-state index in [1.54, 1.807) is 24.3 Å². The number of ketones is 1. The predicted molar refractivity (Wildman–Crippen MR) is 133 cm³/mol. The maximum atomic E-state index is 13.7. The Morgan fingerprint density at radius 3 is 2.46 bits per heavy atom. The van der Waals surface area contributed by atoms with E-state index in [1.807, 2.05) is 18.2 Å². The summed E-state index contributed by atoms with van der Waals surface area (Å²) in [6.45, 7) is 2.05. The topological polar surface area (TPSA) is 79.7 Å². The van der Waals surface area contributed by atoms with Gasteiger partial charge in [-0.3, -0.25) is 14.5 Å². The van der Waals surface area contributed by atoms with Gasteiger partial charge in [0.25, 0.3) is 5.78 Å². The third-order valence-corrected chi connectivity index (χ3v) is 7.07. The minimum absolute atomic E-state index is 0.0831. The number of fused-ring (bicyclic) bond motifs is 1. The van der Waals surface area contributed by atoms with Gasteiger partial charge in [-0.25, -0.2) is 9.37 Å². The van der Waals surface area contributed by atoms with E-state index in [2.05, 4.69) is 11.9 Å². The summed E-state index contributed by atoms with van der Waals surface area (Å²) < 4.78 is 19.8. The first-order valence-electron chi connectivity index (χ1n) is 11.0. The van der Waals surface area contributed by atoms with Crippen LogP contribution in [0.25, 0.3) is 16.0 Å².